The zero-order valence-electron chi connectivity index (χ0n) is 15.4. The number of halogens is 3. The number of nitro benzene ring substituents is 1. The third-order valence-corrected chi connectivity index (χ3v) is 6.57. The Morgan fingerprint density at radius 1 is 1.10 bits per heavy atom. The summed E-state index contributed by atoms with van der Waals surface area (Å²) in [6.45, 7) is 0. The lowest BCUT2D eigenvalue weighted by Crippen LogP contribution is -2.48. The van der Waals surface area contributed by atoms with E-state index in [1.807, 2.05) is 0 Å². The third-order valence-electron chi connectivity index (χ3n) is 5.33. The van der Waals surface area contributed by atoms with Gasteiger partial charge in [0.25, 0.3) is 11.6 Å². The molecule has 0 bridgehead atoms. The molecule has 1 amide bonds. The average Bonchev–Trinajstić information content (AvgIpc) is 3.26. The van der Waals surface area contributed by atoms with Gasteiger partial charge in [0.05, 0.1) is 9.95 Å². The smallest absolute Gasteiger partial charge is 0.271 e. The zero-order valence-corrected chi connectivity index (χ0v) is 18.5. The molecule has 0 radical (unpaired) electrons. The van der Waals surface area contributed by atoms with Gasteiger partial charge in [-0.25, -0.2) is 0 Å². The summed E-state index contributed by atoms with van der Waals surface area (Å²) in [7, 11) is 0. The fourth-order valence-electron chi connectivity index (χ4n) is 3.93. The summed E-state index contributed by atoms with van der Waals surface area (Å²) >= 11 is 23.9. The molecule has 0 atom stereocenters. The SMILES string of the molecule is O=C(c1ccc(Cl)c([N+](=O)[O-])c1)N1C(=S)C(c2ccc(Cl)cc2Cl)=NC12CCCC2. The maximum absolute atomic E-state index is 13.5. The van der Waals surface area contributed by atoms with Crippen LogP contribution in [0.5, 0.6) is 0 Å². The molecule has 0 saturated heterocycles. The second kappa shape index (κ2) is 7.89. The summed E-state index contributed by atoms with van der Waals surface area (Å²) in [6.07, 6.45) is 3.06. The van der Waals surface area contributed by atoms with Gasteiger partial charge < -0.3 is 0 Å². The van der Waals surface area contributed by atoms with Gasteiger partial charge in [-0.05, 0) is 56.0 Å². The minimum Gasteiger partial charge on any atom is -0.271 e. The maximum Gasteiger partial charge on any atom is 0.288 e. The van der Waals surface area contributed by atoms with E-state index >= 15 is 0 Å². The van der Waals surface area contributed by atoms with Gasteiger partial charge in [0.2, 0.25) is 0 Å². The first kappa shape index (κ1) is 21.2. The number of hydrogen-bond donors (Lipinski definition) is 0. The van der Waals surface area contributed by atoms with E-state index in [2.05, 4.69) is 0 Å². The molecule has 4 rings (SSSR count). The number of aliphatic imine (C=N–C) groups is 1. The summed E-state index contributed by atoms with van der Waals surface area (Å²) in [6, 6.07) is 8.96. The van der Waals surface area contributed by atoms with E-state index in [0.29, 0.717) is 34.2 Å². The van der Waals surface area contributed by atoms with Crippen LogP contribution in [-0.4, -0.2) is 32.1 Å². The number of amides is 1. The molecule has 0 aromatic heterocycles. The average molecular weight is 483 g/mol. The predicted octanol–water partition coefficient (Wildman–Crippen LogP) is 6.10. The highest BCUT2D eigenvalue weighted by Crippen LogP contribution is 2.43. The Balaban J connectivity index is 1.78. The molecule has 30 heavy (non-hydrogen) atoms. The monoisotopic (exact) mass is 481 g/mol. The van der Waals surface area contributed by atoms with Crippen molar-refractivity contribution in [3.8, 4) is 0 Å². The number of carbonyl (C=O) groups is 1. The Morgan fingerprint density at radius 3 is 2.43 bits per heavy atom. The first-order valence-corrected chi connectivity index (χ1v) is 10.7. The summed E-state index contributed by atoms with van der Waals surface area (Å²) in [4.78, 5) is 30.7. The molecule has 2 aliphatic rings. The van der Waals surface area contributed by atoms with E-state index in [0.717, 1.165) is 12.8 Å². The molecule has 1 aliphatic heterocycles. The first-order valence-electron chi connectivity index (χ1n) is 9.12. The van der Waals surface area contributed by atoms with Crippen molar-refractivity contribution >= 4 is 69.3 Å². The lowest BCUT2D eigenvalue weighted by molar-refractivity contribution is -0.384. The Labute approximate surface area is 192 Å². The van der Waals surface area contributed by atoms with Crippen molar-refractivity contribution in [1.29, 1.82) is 0 Å². The summed E-state index contributed by atoms with van der Waals surface area (Å²) in [5.74, 6) is -0.453. The number of carbonyl (C=O) groups excluding carboxylic acids is 1. The normalized spacial score (nSPS) is 17.5. The first-order chi connectivity index (χ1) is 14.2. The van der Waals surface area contributed by atoms with Crippen molar-refractivity contribution < 1.29 is 9.72 Å². The lowest BCUT2D eigenvalue weighted by Gasteiger charge is -2.32. The van der Waals surface area contributed by atoms with Crippen molar-refractivity contribution in [2.75, 3.05) is 0 Å². The van der Waals surface area contributed by atoms with Gasteiger partial charge in [-0.3, -0.25) is 24.8 Å². The molecule has 2 aromatic carbocycles. The summed E-state index contributed by atoms with van der Waals surface area (Å²) in [5.41, 5.74) is 0.00872. The molecule has 1 fully saturated rings. The highest BCUT2D eigenvalue weighted by atomic mass is 35.5. The molecule has 1 aliphatic carbocycles. The van der Waals surface area contributed by atoms with Gasteiger partial charge in [0.15, 0.2) is 0 Å². The highest BCUT2D eigenvalue weighted by molar-refractivity contribution is 7.82. The van der Waals surface area contributed by atoms with E-state index in [4.69, 9.17) is 52.0 Å². The molecular formula is C20H14Cl3N3O3S. The Morgan fingerprint density at radius 2 is 1.80 bits per heavy atom. The van der Waals surface area contributed by atoms with E-state index in [1.165, 1.54) is 23.1 Å². The van der Waals surface area contributed by atoms with Crippen molar-refractivity contribution in [2.45, 2.75) is 31.3 Å². The zero-order chi connectivity index (χ0) is 21.6. The van der Waals surface area contributed by atoms with Crippen LogP contribution < -0.4 is 0 Å². The Kier molecular flexibility index (Phi) is 5.57. The van der Waals surface area contributed by atoms with Crippen LogP contribution in [0.25, 0.3) is 0 Å². The maximum atomic E-state index is 13.5. The molecule has 1 saturated carbocycles. The fraction of sp³-hybridized carbons (Fsp3) is 0.250. The van der Waals surface area contributed by atoms with Crippen LogP contribution in [-0.2, 0) is 0 Å². The fourth-order valence-corrected chi connectivity index (χ4v) is 5.02. The third kappa shape index (κ3) is 3.50. The summed E-state index contributed by atoms with van der Waals surface area (Å²) < 4.78 is 0. The number of nitrogens with zero attached hydrogens (tertiary/aromatic N) is 3. The number of thiocarbonyl (C=S) groups is 1. The molecule has 2 aromatic rings. The number of nitro groups is 1. The van der Waals surface area contributed by atoms with Gasteiger partial charge in [-0.2, -0.15) is 0 Å². The minimum absolute atomic E-state index is 0.0407. The number of benzene rings is 2. The van der Waals surface area contributed by atoms with Gasteiger partial charge >= 0.3 is 0 Å². The van der Waals surface area contributed by atoms with Gasteiger partial charge in [0.1, 0.15) is 21.4 Å². The highest BCUT2D eigenvalue weighted by Gasteiger charge is 2.50. The van der Waals surface area contributed by atoms with Crippen LogP contribution >= 0.6 is 47.0 Å². The predicted molar refractivity (Wildman–Crippen MR) is 121 cm³/mol. The van der Waals surface area contributed by atoms with Crippen LogP contribution in [0.15, 0.2) is 41.4 Å². The molecule has 6 nitrogen and oxygen atoms in total. The van der Waals surface area contributed by atoms with Crippen LogP contribution in [0, 0.1) is 10.1 Å². The van der Waals surface area contributed by atoms with Crippen LogP contribution in [0.1, 0.15) is 41.6 Å². The van der Waals surface area contributed by atoms with Crippen molar-refractivity contribution in [1.82, 2.24) is 4.90 Å². The van der Waals surface area contributed by atoms with Crippen molar-refractivity contribution in [3.63, 3.8) is 0 Å². The minimum atomic E-state index is -0.819. The number of hydrogen-bond acceptors (Lipinski definition) is 5. The Bertz CT molecular complexity index is 1130. The Hall–Kier alpha value is -2.06. The second-order valence-electron chi connectivity index (χ2n) is 7.14. The summed E-state index contributed by atoms with van der Waals surface area (Å²) in [5, 5.41) is 12.1. The topological polar surface area (TPSA) is 75.8 Å². The quantitative estimate of drug-likeness (QED) is 0.301. The van der Waals surface area contributed by atoms with Gasteiger partial charge in [-0.1, -0.05) is 47.0 Å². The van der Waals surface area contributed by atoms with E-state index in [1.54, 1.807) is 18.2 Å². The van der Waals surface area contributed by atoms with E-state index in [9.17, 15) is 14.9 Å². The molecule has 0 N–H and O–H groups in total. The molecule has 1 spiro atoms. The van der Waals surface area contributed by atoms with Crippen molar-refractivity contribution in [3.05, 3.63) is 72.7 Å². The van der Waals surface area contributed by atoms with E-state index < -0.39 is 16.5 Å². The second-order valence-corrected chi connectivity index (χ2v) is 8.78. The molecule has 0 unspecified atom stereocenters. The van der Waals surface area contributed by atoms with Crippen LogP contribution in [0.3, 0.4) is 0 Å². The van der Waals surface area contributed by atoms with Crippen LogP contribution in [0.2, 0.25) is 15.1 Å². The molecule has 10 heteroatoms. The van der Waals surface area contributed by atoms with Crippen molar-refractivity contribution in [2.24, 2.45) is 4.99 Å². The van der Waals surface area contributed by atoms with E-state index in [-0.39, 0.29) is 21.3 Å². The van der Waals surface area contributed by atoms with Crippen LogP contribution in [0.4, 0.5) is 5.69 Å². The molecular weight excluding hydrogens is 469 g/mol. The lowest BCUT2D eigenvalue weighted by atomic mass is 10.1. The van der Waals surface area contributed by atoms with Gasteiger partial charge in [0, 0.05) is 22.2 Å². The largest absolute Gasteiger partial charge is 0.288 e. The molecule has 154 valence electrons. The number of rotatable bonds is 3. The molecule has 1 heterocycles. The van der Waals surface area contributed by atoms with Gasteiger partial charge in [-0.15, -0.1) is 0 Å². The standard InChI is InChI=1S/C20H14Cl3N3O3S/c21-12-4-5-13(15(23)10-12)17-19(30)25(20(24-17)7-1-2-8-20)18(27)11-3-6-14(22)16(9-11)26(28)29/h3-6,9-10H,1-2,7-8H2.